The number of hydrogen-bond acceptors (Lipinski definition) is 2. The molecule has 0 saturated heterocycles. The zero-order chi connectivity index (χ0) is 4.99. The first kappa shape index (κ1) is 5.40. The van der Waals surface area contributed by atoms with Crippen LogP contribution in [0.15, 0.2) is 11.8 Å². The van der Waals surface area contributed by atoms with Gasteiger partial charge in [0.15, 0.2) is 7.85 Å². The molecule has 2 nitrogen and oxygen atoms in total. The van der Waals surface area contributed by atoms with E-state index in [1.54, 1.807) is 0 Å². The summed E-state index contributed by atoms with van der Waals surface area (Å²) in [7, 11) is 3.73. The molecule has 0 radical (unpaired) electrons. The molecule has 3 heteroatoms. The van der Waals surface area contributed by atoms with E-state index < -0.39 is 0 Å². The third-order valence-corrected chi connectivity index (χ3v) is 0.644. The second-order valence-corrected chi connectivity index (χ2v) is 1.10. The second kappa shape index (κ2) is 2.63. The third-order valence-electron chi connectivity index (χ3n) is 0.644. The highest BCUT2D eigenvalue weighted by atomic mass is 14.8. The fraction of sp³-hybridized carbons (Fsp3) is 0.333. The number of nitrogens with one attached hydrogen (secondary N) is 1. The van der Waals surface area contributed by atoms with Crippen LogP contribution in [0.5, 0.6) is 0 Å². The molecule has 0 aromatic carbocycles. The molecule has 0 unspecified atom stereocenters. The number of nitrogens with two attached hydrogens (primary N) is 1. The normalized spacial score (nSPS) is 11.2. The maximum absolute atomic E-state index is 5.06. The van der Waals surface area contributed by atoms with Crippen molar-refractivity contribution in [2.45, 2.75) is 0 Å². The van der Waals surface area contributed by atoms with E-state index in [4.69, 9.17) is 5.73 Å². The van der Waals surface area contributed by atoms with E-state index in [-0.39, 0.29) is 0 Å². The highest BCUT2D eigenvalue weighted by Crippen LogP contribution is 1.65. The van der Waals surface area contributed by atoms with Gasteiger partial charge in [-0.15, -0.1) is 0 Å². The second-order valence-electron chi connectivity index (χ2n) is 1.10. The minimum Gasteiger partial charge on any atom is -0.404 e. The van der Waals surface area contributed by atoms with E-state index in [0.29, 0.717) is 0 Å². The van der Waals surface area contributed by atoms with Gasteiger partial charge in [0.05, 0.1) is 0 Å². The maximum Gasteiger partial charge on any atom is 0.162 e. The number of rotatable bonds is 1. The lowest BCUT2D eigenvalue weighted by molar-refractivity contribution is 1.06. The van der Waals surface area contributed by atoms with Gasteiger partial charge in [0.1, 0.15) is 0 Å². The van der Waals surface area contributed by atoms with Crippen LogP contribution in [0, 0.1) is 0 Å². The van der Waals surface area contributed by atoms with Crippen LogP contribution >= 0.6 is 0 Å². The Bertz CT molecular complexity index is 59.8. The van der Waals surface area contributed by atoms with Crippen LogP contribution in [-0.4, -0.2) is 14.9 Å². The predicted octanol–water partition coefficient (Wildman–Crippen LogP) is -1.40. The summed E-state index contributed by atoms with van der Waals surface area (Å²) >= 11 is 0. The van der Waals surface area contributed by atoms with Gasteiger partial charge in [-0.1, -0.05) is 0 Å². The minimum atomic E-state index is 0.995. The van der Waals surface area contributed by atoms with Crippen molar-refractivity contribution in [2.75, 3.05) is 7.05 Å². The molecule has 0 rings (SSSR count). The van der Waals surface area contributed by atoms with Gasteiger partial charge in [0, 0.05) is 13.2 Å². The molecule has 0 aliphatic carbocycles. The van der Waals surface area contributed by atoms with Gasteiger partial charge < -0.3 is 11.1 Å². The largest absolute Gasteiger partial charge is 0.404 e. The Morgan fingerprint density at radius 2 is 2.50 bits per heavy atom. The van der Waals surface area contributed by atoms with Gasteiger partial charge in [-0.25, -0.2) is 0 Å². The minimum absolute atomic E-state index is 0.995. The van der Waals surface area contributed by atoms with Crippen molar-refractivity contribution in [3.8, 4) is 0 Å². The monoisotopic (exact) mass is 84.1 g/mol. The molecule has 0 aliphatic heterocycles. The zero-order valence-electron chi connectivity index (χ0n) is 4.15. The summed E-state index contributed by atoms with van der Waals surface area (Å²) in [5.41, 5.74) is 6.05. The van der Waals surface area contributed by atoms with Gasteiger partial charge in [0.25, 0.3) is 0 Å². The first-order valence-corrected chi connectivity index (χ1v) is 1.87. The van der Waals surface area contributed by atoms with Crippen LogP contribution in [0.3, 0.4) is 0 Å². The standard InChI is InChI=1S/C3H9BN2/c1-6-3(4)2-5/h2,6H,4-5H2,1H3/b3-2-. The van der Waals surface area contributed by atoms with E-state index in [1.165, 1.54) is 6.20 Å². The van der Waals surface area contributed by atoms with Crippen molar-refractivity contribution in [3.63, 3.8) is 0 Å². The van der Waals surface area contributed by atoms with Crippen LogP contribution in [0.2, 0.25) is 0 Å². The Morgan fingerprint density at radius 3 is 2.50 bits per heavy atom. The summed E-state index contributed by atoms with van der Waals surface area (Å²) in [6, 6.07) is 0. The molecular formula is C3H9BN2. The van der Waals surface area contributed by atoms with Gasteiger partial charge in [-0.3, -0.25) is 0 Å². The average molecular weight is 83.9 g/mol. The number of hydrogen-bond donors (Lipinski definition) is 2. The van der Waals surface area contributed by atoms with Crippen LogP contribution in [0.1, 0.15) is 0 Å². The summed E-state index contributed by atoms with van der Waals surface area (Å²) in [5.74, 6) is 0. The smallest absolute Gasteiger partial charge is 0.162 e. The molecule has 0 saturated carbocycles. The molecule has 0 fully saturated rings. The van der Waals surface area contributed by atoms with Crippen LogP contribution in [0.25, 0.3) is 0 Å². The summed E-state index contributed by atoms with van der Waals surface area (Å²) < 4.78 is 0. The SMILES string of the molecule is B/C(=C/N)NC. The van der Waals surface area contributed by atoms with Crippen molar-refractivity contribution >= 4 is 7.85 Å². The Labute approximate surface area is 38.8 Å². The first-order chi connectivity index (χ1) is 2.81. The van der Waals surface area contributed by atoms with Crippen LogP contribution in [0.4, 0.5) is 0 Å². The van der Waals surface area contributed by atoms with E-state index in [9.17, 15) is 0 Å². The third kappa shape index (κ3) is 1.70. The van der Waals surface area contributed by atoms with E-state index >= 15 is 0 Å². The van der Waals surface area contributed by atoms with Crippen molar-refractivity contribution in [1.29, 1.82) is 0 Å². The Hall–Kier alpha value is -0.595. The molecule has 0 aliphatic rings. The molecule has 0 atom stereocenters. The van der Waals surface area contributed by atoms with Gasteiger partial charge in [-0.05, 0) is 5.60 Å². The molecule has 34 valence electrons. The van der Waals surface area contributed by atoms with Crippen molar-refractivity contribution in [3.05, 3.63) is 11.8 Å². The Balaban J connectivity index is 3.22. The molecule has 0 aromatic rings. The molecule has 6 heavy (non-hydrogen) atoms. The summed E-state index contributed by atoms with van der Waals surface area (Å²) in [6.07, 6.45) is 1.53. The van der Waals surface area contributed by atoms with Gasteiger partial charge in [-0.2, -0.15) is 0 Å². The van der Waals surface area contributed by atoms with Crippen molar-refractivity contribution in [2.24, 2.45) is 5.73 Å². The fourth-order valence-electron chi connectivity index (χ4n) is 0.0833. The average Bonchev–Trinajstić information content (AvgIpc) is 1.65. The lowest BCUT2D eigenvalue weighted by Gasteiger charge is -1.91. The van der Waals surface area contributed by atoms with E-state index in [2.05, 4.69) is 5.32 Å². The lowest BCUT2D eigenvalue weighted by atomic mass is 10.1. The molecule has 0 heterocycles. The maximum atomic E-state index is 5.06. The summed E-state index contributed by atoms with van der Waals surface area (Å²) in [5, 5.41) is 2.85. The van der Waals surface area contributed by atoms with Crippen molar-refractivity contribution in [1.82, 2.24) is 5.32 Å². The first-order valence-electron chi connectivity index (χ1n) is 1.87. The summed E-state index contributed by atoms with van der Waals surface area (Å²) in [4.78, 5) is 0. The van der Waals surface area contributed by atoms with Gasteiger partial charge >= 0.3 is 0 Å². The molecule has 0 spiro atoms. The van der Waals surface area contributed by atoms with Crippen LogP contribution < -0.4 is 11.1 Å². The zero-order valence-corrected chi connectivity index (χ0v) is 4.15. The lowest BCUT2D eigenvalue weighted by Crippen LogP contribution is -2.06. The molecule has 0 aromatic heterocycles. The van der Waals surface area contributed by atoms with Crippen LogP contribution in [-0.2, 0) is 0 Å². The van der Waals surface area contributed by atoms with E-state index in [0.717, 1.165) is 5.60 Å². The molecule has 0 amide bonds. The Morgan fingerprint density at radius 1 is 2.00 bits per heavy atom. The van der Waals surface area contributed by atoms with Gasteiger partial charge in [0.2, 0.25) is 0 Å². The van der Waals surface area contributed by atoms with E-state index in [1.807, 2.05) is 14.9 Å². The van der Waals surface area contributed by atoms with Crippen molar-refractivity contribution < 1.29 is 0 Å². The fourth-order valence-corrected chi connectivity index (χ4v) is 0.0833. The molecule has 3 N–H and O–H groups in total. The summed E-state index contributed by atoms with van der Waals surface area (Å²) in [6.45, 7) is 0. The molecule has 0 bridgehead atoms. The quantitative estimate of drug-likeness (QED) is 0.383. The molecular weight excluding hydrogens is 74.9 g/mol. The topological polar surface area (TPSA) is 38.0 Å². The predicted molar refractivity (Wildman–Crippen MR) is 29.9 cm³/mol. The highest BCUT2D eigenvalue weighted by molar-refractivity contribution is 6.21. The highest BCUT2D eigenvalue weighted by Gasteiger charge is 1.70. The Kier molecular flexibility index (Phi) is 2.37.